The van der Waals surface area contributed by atoms with E-state index in [9.17, 15) is 0 Å². The number of para-hydroxylation sites is 2. The Balaban J connectivity index is 2.15. The summed E-state index contributed by atoms with van der Waals surface area (Å²) < 4.78 is 0. The van der Waals surface area contributed by atoms with Gasteiger partial charge in [0.2, 0.25) is 0 Å². The van der Waals surface area contributed by atoms with Crippen molar-refractivity contribution >= 4 is 11.4 Å². The van der Waals surface area contributed by atoms with Crippen LogP contribution in [0.5, 0.6) is 0 Å². The molecule has 0 bridgehead atoms. The van der Waals surface area contributed by atoms with Crippen molar-refractivity contribution in [3.63, 3.8) is 0 Å². The standard InChI is InChI=1S/C13H15N3/c14-12-8-4-5-9-13(12)16(15)10-11-6-2-1-3-7-11/h1-9H,10,14-15H2. The van der Waals surface area contributed by atoms with Gasteiger partial charge < -0.3 is 10.7 Å². The first-order chi connectivity index (χ1) is 7.77. The lowest BCUT2D eigenvalue weighted by atomic mass is 10.2. The zero-order chi connectivity index (χ0) is 11.4. The van der Waals surface area contributed by atoms with E-state index in [1.807, 2.05) is 54.6 Å². The molecule has 2 aromatic rings. The van der Waals surface area contributed by atoms with Crippen LogP contribution in [-0.2, 0) is 6.54 Å². The maximum Gasteiger partial charge on any atom is 0.0750 e. The first-order valence-electron chi connectivity index (χ1n) is 5.18. The highest BCUT2D eigenvalue weighted by Crippen LogP contribution is 2.21. The van der Waals surface area contributed by atoms with Gasteiger partial charge in [-0.25, -0.2) is 5.84 Å². The number of anilines is 2. The highest BCUT2D eigenvalue weighted by Gasteiger charge is 2.05. The first-order valence-corrected chi connectivity index (χ1v) is 5.18. The summed E-state index contributed by atoms with van der Waals surface area (Å²) in [6, 6.07) is 17.7. The monoisotopic (exact) mass is 213 g/mol. The van der Waals surface area contributed by atoms with Gasteiger partial charge in [-0.2, -0.15) is 0 Å². The van der Waals surface area contributed by atoms with E-state index in [1.165, 1.54) is 0 Å². The van der Waals surface area contributed by atoms with Crippen LogP contribution in [-0.4, -0.2) is 0 Å². The van der Waals surface area contributed by atoms with E-state index in [2.05, 4.69) is 0 Å². The second-order valence-electron chi connectivity index (χ2n) is 3.67. The summed E-state index contributed by atoms with van der Waals surface area (Å²) in [5, 5.41) is 1.66. The van der Waals surface area contributed by atoms with Crippen molar-refractivity contribution < 1.29 is 0 Å². The number of hydrogen-bond acceptors (Lipinski definition) is 3. The molecule has 0 fully saturated rings. The third-order valence-electron chi connectivity index (χ3n) is 2.44. The summed E-state index contributed by atoms with van der Waals surface area (Å²) >= 11 is 0. The average molecular weight is 213 g/mol. The number of benzene rings is 2. The molecule has 4 N–H and O–H groups in total. The highest BCUT2D eigenvalue weighted by molar-refractivity contribution is 5.66. The van der Waals surface area contributed by atoms with E-state index >= 15 is 0 Å². The molecule has 3 nitrogen and oxygen atoms in total. The van der Waals surface area contributed by atoms with Crippen LogP contribution in [0.15, 0.2) is 54.6 Å². The first kappa shape index (κ1) is 10.5. The quantitative estimate of drug-likeness (QED) is 0.466. The Morgan fingerprint density at radius 1 is 0.875 bits per heavy atom. The predicted molar refractivity (Wildman–Crippen MR) is 67.7 cm³/mol. The minimum Gasteiger partial charge on any atom is -0.397 e. The van der Waals surface area contributed by atoms with Gasteiger partial charge in [0.25, 0.3) is 0 Å². The van der Waals surface area contributed by atoms with Crippen LogP contribution < -0.4 is 16.6 Å². The van der Waals surface area contributed by atoms with Crippen molar-refractivity contribution in [1.29, 1.82) is 0 Å². The lowest BCUT2D eigenvalue weighted by Crippen LogP contribution is -2.30. The third kappa shape index (κ3) is 2.32. The topological polar surface area (TPSA) is 55.3 Å². The van der Waals surface area contributed by atoms with Gasteiger partial charge in [-0.15, -0.1) is 0 Å². The summed E-state index contributed by atoms with van der Waals surface area (Å²) in [5.41, 5.74) is 8.56. The molecule has 0 atom stereocenters. The predicted octanol–water partition coefficient (Wildman–Crippen LogP) is 2.15. The maximum absolute atomic E-state index is 5.98. The van der Waals surface area contributed by atoms with Crippen LogP contribution in [0.4, 0.5) is 11.4 Å². The van der Waals surface area contributed by atoms with Crippen LogP contribution in [0, 0.1) is 0 Å². The zero-order valence-electron chi connectivity index (χ0n) is 9.01. The molecule has 0 unspecified atom stereocenters. The molecule has 3 heteroatoms. The molecule has 2 aromatic carbocycles. The number of rotatable bonds is 3. The van der Waals surface area contributed by atoms with Gasteiger partial charge in [0.1, 0.15) is 0 Å². The molecule has 2 rings (SSSR count). The SMILES string of the molecule is Nc1ccccc1N(N)Cc1ccccc1. The van der Waals surface area contributed by atoms with Gasteiger partial charge in [-0.05, 0) is 17.7 Å². The minimum absolute atomic E-state index is 0.648. The normalized spacial score (nSPS) is 10.1. The molecule has 0 saturated heterocycles. The fourth-order valence-corrected chi connectivity index (χ4v) is 1.61. The molecule has 0 saturated carbocycles. The molecule has 0 aliphatic rings. The lowest BCUT2D eigenvalue weighted by molar-refractivity contribution is 0.855. The fourth-order valence-electron chi connectivity index (χ4n) is 1.61. The van der Waals surface area contributed by atoms with E-state index in [0.717, 1.165) is 11.3 Å². The van der Waals surface area contributed by atoms with Gasteiger partial charge in [0.15, 0.2) is 0 Å². The Morgan fingerprint density at radius 3 is 2.19 bits per heavy atom. The Hall–Kier alpha value is -2.00. The van der Waals surface area contributed by atoms with Crippen LogP contribution in [0.2, 0.25) is 0 Å². The van der Waals surface area contributed by atoms with Gasteiger partial charge in [-0.3, -0.25) is 0 Å². The molecule has 0 aliphatic heterocycles. The molecular formula is C13H15N3. The van der Waals surface area contributed by atoms with Crippen LogP contribution in [0.3, 0.4) is 0 Å². The number of nitrogens with zero attached hydrogens (tertiary/aromatic N) is 1. The molecule has 0 heterocycles. The summed E-state index contributed by atoms with van der Waals surface area (Å²) in [6.45, 7) is 0.648. The van der Waals surface area contributed by atoms with Crippen molar-refractivity contribution in [3.05, 3.63) is 60.2 Å². The molecule has 0 aliphatic carbocycles. The van der Waals surface area contributed by atoms with E-state index in [0.29, 0.717) is 12.2 Å². The number of hydrogen-bond donors (Lipinski definition) is 2. The van der Waals surface area contributed by atoms with Gasteiger partial charge in [-0.1, -0.05) is 42.5 Å². The van der Waals surface area contributed by atoms with Crippen molar-refractivity contribution in [3.8, 4) is 0 Å². The molecule has 0 aromatic heterocycles. The van der Waals surface area contributed by atoms with E-state index in [-0.39, 0.29) is 0 Å². The smallest absolute Gasteiger partial charge is 0.0750 e. The van der Waals surface area contributed by atoms with E-state index in [4.69, 9.17) is 11.6 Å². The van der Waals surface area contributed by atoms with Crippen molar-refractivity contribution in [2.45, 2.75) is 6.54 Å². The number of hydrazine groups is 1. The fraction of sp³-hybridized carbons (Fsp3) is 0.0769. The second-order valence-corrected chi connectivity index (χ2v) is 3.67. The van der Waals surface area contributed by atoms with E-state index < -0.39 is 0 Å². The second kappa shape index (κ2) is 4.68. The lowest BCUT2D eigenvalue weighted by Gasteiger charge is -2.20. The summed E-state index contributed by atoms with van der Waals surface area (Å²) in [7, 11) is 0. The molecular weight excluding hydrogens is 198 g/mol. The van der Waals surface area contributed by atoms with Crippen molar-refractivity contribution in [2.75, 3.05) is 10.7 Å². The van der Waals surface area contributed by atoms with Crippen LogP contribution in [0.25, 0.3) is 0 Å². The summed E-state index contributed by atoms with van der Waals surface area (Å²) in [6.07, 6.45) is 0. The molecule has 0 spiro atoms. The third-order valence-corrected chi connectivity index (χ3v) is 2.44. The molecule has 0 radical (unpaired) electrons. The van der Waals surface area contributed by atoms with E-state index in [1.54, 1.807) is 5.01 Å². The Kier molecular flexibility index (Phi) is 3.08. The van der Waals surface area contributed by atoms with Crippen LogP contribution in [0.1, 0.15) is 5.56 Å². The Labute approximate surface area is 95.3 Å². The molecule has 16 heavy (non-hydrogen) atoms. The Morgan fingerprint density at radius 2 is 1.50 bits per heavy atom. The number of nitrogens with two attached hydrogens (primary N) is 2. The largest absolute Gasteiger partial charge is 0.397 e. The van der Waals surface area contributed by atoms with Crippen molar-refractivity contribution in [1.82, 2.24) is 0 Å². The average Bonchev–Trinajstić information content (AvgIpc) is 2.31. The molecule has 0 amide bonds. The summed E-state index contributed by atoms with van der Waals surface area (Å²) in [4.78, 5) is 0. The molecule has 82 valence electrons. The summed E-state index contributed by atoms with van der Waals surface area (Å²) in [5.74, 6) is 5.98. The maximum atomic E-state index is 5.98. The van der Waals surface area contributed by atoms with Crippen molar-refractivity contribution in [2.24, 2.45) is 5.84 Å². The van der Waals surface area contributed by atoms with Gasteiger partial charge in [0.05, 0.1) is 17.9 Å². The Bertz CT molecular complexity index is 454. The highest BCUT2D eigenvalue weighted by atomic mass is 15.4. The number of nitrogen functional groups attached to an aromatic ring is 1. The van der Waals surface area contributed by atoms with Gasteiger partial charge >= 0.3 is 0 Å². The van der Waals surface area contributed by atoms with Gasteiger partial charge in [0, 0.05) is 0 Å². The zero-order valence-corrected chi connectivity index (χ0v) is 9.01. The van der Waals surface area contributed by atoms with Crippen LogP contribution >= 0.6 is 0 Å². The minimum atomic E-state index is 0.648.